The summed E-state index contributed by atoms with van der Waals surface area (Å²) in [5, 5.41) is 0. The molecule has 114 valence electrons. The summed E-state index contributed by atoms with van der Waals surface area (Å²) in [6, 6.07) is 11.8. The zero-order valence-corrected chi connectivity index (χ0v) is 13.7. The van der Waals surface area contributed by atoms with Crippen LogP contribution in [0.2, 0.25) is 0 Å². The van der Waals surface area contributed by atoms with E-state index in [9.17, 15) is 4.79 Å². The smallest absolute Gasteiger partial charge is 0.178 e. The van der Waals surface area contributed by atoms with Gasteiger partial charge in [0.05, 0.1) is 17.1 Å². The van der Waals surface area contributed by atoms with Crippen LogP contribution in [0.15, 0.2) is 41.4 Å². The predicted octanol–water partition coefficient (Wildman–Crippen LogP) is 4.55. The summed E-state index contributed by atoms with van der Waals surface area (Å²) in [7, 11) is 0. The Kier molecular flexibility index (Phi) is 5.21. The van der Waals surface area contributed by atoms with E-state index in [4.69, 9.17) is 4.99 Å². The fourth-order valence-electron chi connectivity index (χ4n) is 2.42. The van der Waals surface area contributed by atoms with Crippen LogP contribution in [0.1, 0.15) is 55.0 Å². The van der Waals surface area contributed by atoms with E-state index in [0.717, 1.165) is 29.9 Å². The first-order valence-corrected chi connectivity index (χ1v) is 7.71. The zero-order chi connectivity index (χ0) is 16.1. The van der Waals surface area contributed by atoms with Gasteiger partial charge in [0.25, 0.3) is 0 Å². The lowest BCUT2D eigenvalue weighted by molar-refractivity contribution is 0.101. The standard InChI is InChI=1S/C19H22N2O/c1-5-15-9-7-10-16(6-2)19(15)20-13(3)17-11-8-12-18(21-17)14(4)22/h7-12H,5-6H2,1-4H3/b20-13+. The number of hydrogen-bond donors (Lipinski definition) is 0. The summed E-state index contributed by atoms with van der Waals surface area (Å²) in [6.07, 6.45) is 1.89. The maximum absolute atomic E-state index is 11.5. The average molecular weight is 294 g/mol. The highest BCUT2D eigenvalue weighted by Crippen LogP contribution is 2.26. The lowest BCUT2D eigenvalue weighted by Gasteiger charge is -2.10. The first kappa shape index (κ1) is 16.1. The van der Waals surface area contributed by atoms with E-state index < -0.39 is 0 Å². The first-order valence-electron chi connectivity index (χ1n) is 7.71. The number of aromatic nitrogens is 1. The average Bonchev–Trinajstić information content (AvgIpc) is 2.55. The number of Topliss-reactive ketones (excluding diaryl/α,β-unsaturated/α-hetero) is 1. The fourth-order valence-corrected chi connectivity index (χ4v) is 2.42. The number of benzene rings is 1. The number of pyridine rings is 1. The van der Waals surface area contributed by atoms with E-state index in [1.54, 1.807) is 6.07 Å². The molecule has 3 nitrogen and oxygen atoms in total. The molecule has 0 radical (unpaired) electrons. The minimum Gasteiger partial charge on any atom is -0.293 e. The van der Waals surface area contributed by atoms with Crippen LogP contribution < -0.4 is 0 Å². The van der Waals surface area contributed by atoms with E-state index in [0.29, 0.717) is 5.69 Å². The zero-order valence-electron chi connectivity index (χ0n) is 13.7. The Hall–Kier alpha value is -2.29. The summed E-state index contributed by atoms with van der Waals surface area (Å²) in [5.41, 5.74) is 5.58. The van der Waals surface area contributed by atoms with E-state index in [2.05, 4.69) is 37.0 Å². The molecule has 1 aromatic carbocycles. The van der Waals surface area contributed by atoms with Gasteiger partial charge in [-0.2, -0.15) is 0 Å². The van der Waals surface area contributed by atoms with E-state index >= 15 is 0 Å². The molecule has 2 aromatic rings. The third-order valence-electron chi connectivity index (χ3n) is 3.72. The van der Waals surface area contributed by atoms with E-state index in [-0.39, 0.29) is 5.78 Å². The minimum absolute atomic E-state index is 0.0298. The molecule has 0 amide bonds. The van der Waals surface area contributed by atoms with Gasteiger partial charge in [-0.25, -0.2) is 4.98 Å². The number of nitrogens with zero attached hydrogens (tertiary/aromatic N) is 2. The molecular formula is C19H22N2O. The second-order valence-electron chi connectivity index (χ2n) is 5.29. The lowest BCUT2D eigenvalue weighted by atomic mass is 10.0. The highest BCUT2D eigenvalue weighted by molar-refractivity contribution is 6.00. The normalized spacial score (nSPS) is 11.5. The molecule has 0 aliphatic rings. The largest absolute Gasteiger partial charge is 0.293 e. The van der Waals surface area contributed by atoms with Gasteiger partial charge in [-0.15, -0.1) is 0 Å². The summed E-state index contributed by atoms with van der Waals surface area (Å²) >= 11 is 0. The molecule has 0 aliphatic carbocycles. The second kappa shape index (κ2) is 7.12. The maximum Gasteiger partial charge on any atom is 0.178 e. The van der Waals surface area contributed by atoms with Crippen LogP contribution in [0.3, 0.4) is 0 Å². The monoisotopic (exact) mass is 294 g/mol. The highest BCUT2D eigenvalue weighted by atomic mass is 16.1. The Labute approximate surface area is 132 Å². The summed E-state index contributed by atoms with van der Waals surface area (Å²) in [5.74, 6) is -0.0298. The SMILES string of the molecule is CCc1cccc(CC)c1/N=C(\C)c1cccc(C(C)=O)n1. The molecule has 0 bridgehead atoms. The van der Waals surface area contributed by atoms with Crippen molar-refractivity contribution < 1.29 is 4.79 Å². The van der Waals surface area contributed by atoms with Crippen molar-refractivity contribution >= 4 is 17.2 Å². The molecule has 0 N–H and O–H groups in total. The number of carbonyl (C=O) groups is 1. The number of carbonyl (C=O) groups excluding carboxylic acids is 1. The van der Waals surface area contributed by atoms with Crippen LogP contribution in [0.25, 0.3) is 0 Å². The van der Waals surface area contributed by atoms with Crippen molar-refractivity contribution in [2.45, 2.75) is 40.5 Å². The van der Waals surface area contributed by atoms with Gasteiger partial charge in [0.1, 0.15) is 5.69 Å². The Morgan fingerprint density at radius 2 is 1.50 bits per heavy atom. The van der Waals surface area contributed by atoms with Crippen molar-refractivity contribution in [1.29, 1.82) is 0 Å². The molecular weight excluding hydrogens is 272 g/mol. The number of rotatable bonds is 5. The molecule has 22 heavy (non-hydrogen) atoms. The molecule has 0 saturated carbocycles. The van der Waals surface area contributed by atoms with Crippen LogP contribution in [-0.4, -0.2) is 16.5 Å². The quantitative estimate of drug-likeness (QED) is 0.599. The minimum atomic E-state index is -0.0298. The number of aliphatic imine (C=N–C) groups is 1. The van der Waals surface area contributed by atoms with Crippen LogP contribution in [-0.2, 0) is 12.8 Å². The molecule has 1 heterocycles. The van der Waals surface area contributed by atoms with Gasteiger partial charge in [-0.1, -0.05) is 38.1 Å². The van der Waals surface area contributed by atoms with Crippen molar-refractivity contribution in [3.8, 4) is 0 Å². The molecule has 0 unspecified atom stereocenters. The molecule has 0 fully saturated rings. The Morgan fingerprint density at radius 1 is 0.955 bits per heavy atom. The number of aryl methyl sites for hydroxylation is 2. The topological polar surface area (TPSA) is 42.3 Å². The van der Waals surface area contributed by atoms with Crippen LogP contribution in [0.5, 0.6) is 0 Å². The highest BCUT2D eigenvalue weighted by Gasteiger charge is 2.08. The van der Waals surface area contributed by atoms with Gasteiger partial charge in [-0.05, 0) is 43.0 Å². The van der Waals surface area contributed by atoms with Crippen molar-refractivity contribution in [3.05, 3.63) is 58.9 Å². The summed E-state index contributed by atoms with van der Waals surface area (Å²) < 4.78 is 0. The maximum atomic E-state index is 11.5. The second-order valence-corrected chi connectivity index (χ2v) is 5.29. The molecule has 3 heteroatoms. The molecule has 2 rings (SSSR count). The Balaban J connectivity index is 2.49. The molecule has 0 spiro atoms. The molecule has 0 aliphatic heterocycles. The van der Waals surface area contributed by atoms with Gasteiger partial charge in [0.15, 0.2) is 5.78 Å². The number of ketones is 1. The van der Waals surface area contributed by atoms with E-state index in [1.807, 2.05) is 19.1 Å². The molecule has 0 saturated heterocycles. The third-order valence-corrected chi connectivity index (χ3v) is 3.72. The van der Waals surface area contributed by atoms with Crippen molar-refractivity contribution in [2.24, 2.45) is 4.99 Å². The van der Waals surface area contributed by atoms with Crippen molar-refractivity contribution in [3.63, 3.8) is 0 Å². The van der Waals surface area contributed by atoms with Crippen molar-refractivity contribution in [1.82, 2.24) is 4.98 Å². The van der Waals surface area contributed by atoms with Crippen molar-refractivity contribution in [2.75, 3.05) is 0 Å². The predicted molar refractivity (Wildman–Crippen MR) is 91.3 cm³/mol. The Morgan fingerprint density at radius 3 is 2.05 bits per heavy atom. The lowest BCUT2D eigenvalue weighted by Crippen LogP contribution is -2.04. The summed E-state index contributed by atoms with van der Waals surface area (Å²) in [6.45, 7) is 7.74. The number of para-hydroxylation sites is 1. The van der Waals surface area contributed by atoms with Gasteiger partial charge in [-0.3, -0.25) is 9.79 Å². The number of hydrogen-bond acceptors (Lipinski definition) is 3. The molecule has 0 atom stereocenters. The summed E-state index contributed by atoms with van der Waals surface area (Å²) in [4.78, 5) is 20.7. The molecule has 1 aromatic heterocycles. The van der Waals surface area contributed by atoms with Crippen LogP contribution >= 0.6 is 0 Å². The Bertz CT molecular complexity index is 695. The van der Waals surface area contributed by atoms with Gasteiger partial charge in [0, 0.05) is 6.92 Å². The third kappa shape index (κ3) is 3.48. The van der Waals surface area contributed by atoms with E-state index in [1.165, 1.54) is 18.1 Å². The van der Waals surface area contributed by atoms with Gasteiger partial charge < -0.3 is 0 Å². The first-order chi connectivity index (χ1) is 10.6. The van der Waals surface area contributed by atoms with Gasteiger partial charge in [0.2, 0.25) is 0 Å². The van der Waals surface area contributed by atoms with Gasteiger partial charge >= 0.3 is 0 Å². The van der Waals surface area contributed by atoms with Crippen LogP contribution in [0.4, 0.5) is 5.69 Å². The van der Waals surface area contributed by atoms with Crippen LogP contribution in [0, 0.1) is 0 Å². The fraction of sp³-hybridized carbons (Fsp3) is 0.316.